The van der Waals surface area contributed by atoms with Gasteiger partial charge in [0, 0.05) is 6.07 Å². The van der Waals surface area contributed by atoms with Crippen LogP contribution in [0.1, 0.15) is 24.8 Å². The normalized spacial score (nSPS) is 28.8. The van der Waals surface area contributed by atoms with Crippen LogP contribution in [-0.2, 0) is 9.59 Å². The van der Waals surface area contributed by atoms with Gasteiger partial charge >= 0.3 is 0 Å². The van der Waals surface area contributed by atoms with E-state index in [1.165, 1.54) is 10.3 Å². The largest absolute Gasteiger partial charge is 0.590 e. The monoisotopic (exact) mass is 312 g/mol. The number of carbonyl (C=O) groups excluding carboxylic acids is 2. The van der Waals surface area contributed by atoms with Crippen molar-refractivity contribution in [3.8, 4) is 5.75 Å². The van der Waals surface area contributed by atoms with Crippen molar-refractivity contribution in [3.05, 3.63) is 16.3 Å². The molecule has 2 aliphatic rings. The number of carbonyl (C=O) groups is 2. The lowest BCUT2D eigenvalue weighted by molar-refractivity contribution is -0.152. The van der Waals surface area contributed by atoms with Crippen molar-refractivity contribution < 1.29 is 24.0 Å². The third kappa shape index (κ3) is 2.19. The lowest BCUT2D eigenvalue weighted by Crippen LogP contribution is -2.59. The van der Waals surface area contributed by atoms with Crippen LogP contribution in [0.2, 0.25) is 0 Å². The van der Waals surface area contributed by atoms with E-state index in [0.29, 0.717) is 10.6 Å². The average molecular weight is 312 g/mol. The summed E-state index contributed by atoms with van der Waals surface area (Å²) in [5.41, 5.74) is -0.948. The predicted octanol–water partition coefficient (Wildman–Crippen LogP) is -0.0544. The first-order valence-electron chi connectivity index (χ1n) is 6.57. The quantitative estimate of drug-likeness (QED) is 0.708. The molecule has 0 spiro atoms. The number of rotatable bonds is 1. The summed E-state index contributed by atoms with van der Waals surface area (Å²) in [6.45, 7) is 3.10. The number of thiophene rings is 1. The van der Waals surface area contributed by atoms with Crippen LogP contribution in [0.15, 0.2) is 11.4 Å². The van der Waals surface area contributed by atoms with E-state index in [1.807, 2.05) is 0 Å². The number of hydrogen-bond acceptors (Lipinski definition) is 5. The summed E-state index contributed by atoms with van der Waals surface area (Å²) in [7, 11) is -1.46. The fourth-order valence-corrected chi connectivity index (χ4v) is 3.93. The maximum atomic E-state index is 12.1. The molecule has 0 aromatic carbocycles. The molecule has 3 heterocycles. The van der Waals surface area contributed by atoms with Crippen LogP contribution in [0.4, 0.5) is 0 Å². The fraction of sp³-hybridized carbons (Fsp3) is 0.538. The van der Waals surface area contributed by atoms with Gasteiger partial charge in [0.15, 0.2) is 5.75 Å². The number of amides is 2. The minimum atomic E-state index is -1.46. The molecule has 21 heavy (non-hydrogen) atoms. The molecule has 2 N–H and O–H groups in total. The molecule has 3 rings (SSSR count). The summed E-state index contributed by atoms with van der Waals surface area (Å²) < 4.78 is 17.8. The second-order valence-corrected chi connectivity index (χ2v) is 7.03. The van der Waals surface area contributed by atoms with Crippen LogP contribution in [0.25, 0.3) is 0 Å². The van der Waals surface area contributed by atoms with E-state index in [-0.39, 0.29) is 24.9 Å². The SMILES string of the molecule is CC1(C)Oc2cc[s+]([O-])c2C(N2CC(=O)NCC2=O)C1O. The minimum absolute atomic E-state index is 0.119. The molecule has 3 unspecified atom stereocenters. The van der Waals surface area contributed by atoms with E-state index >= 15 is 0 Å². The Labute approximate surface area is 124 Å². The Balaban J connectivity index is 2.08. The molecule has 1 aromatic rings. The molecule has 1 saturated heterocycles. The standard InChI is InChI=1S/C13H16N2O5S/c1-13(2)12(18)10(11-7(20-13)3-4-21(11)19)15-6-8(16)14-5-9(15)17/h3-4,10,12,18H,5-6H2,1-2H3,(H,14,16). The highest BCUT2D eigenvalue weighted by Crippen LogP contribution is 2.48. The van der Waals surface area contributed by atoms with Crippen LogP contribution in [0.5, 0.6) is 5.75 Å². The predicted molar refractivity (Wildman–Crippen MR) is 73.3 cm³/mol. The Morgan fingerprint density at radius 2 is 2.24 bits per heavy atom. The third-order valence-corrected chi connectivity index (χ3v) is 5.12. The second kappa shape index (κ2) is 4.69. The summed E-state index contributed by atoms with van der Waals surface area (Å²) in [6.07, 6.45) is -1.07. The molecule has 0 radical (unpaired) electrons. The molecule has 8 heteroatoms. The van der Waals surface area contributed by atoms with E-state index in [4.69, 9.17) is 4.74 Å². The van der Waals surface area contributed by atoms with E-state index in [9.17, 15) is 19.2 Å². The maximum absolute atomic E-state index is 12.1. The Bertz CT molecular complexity index is 612. The van der Waals surface area contributed by atoms with E-state index in [1.54, 1.807) is 19.9 Å². The topological polar surface area (TPSA) is 102 Å². The van der Waals surface area contributed by atoms with Crippen LogP contribution in [0, 0.1) is 0 Å². The maximum Gasteiger partial charge on any atom is 0.243 e. The van der Waals surface area contributed by atoms with Crippen molar-refractivity contribution >= 4 is 22.6 Å². The summed E-state index contributed by atoms with van der Waals surface area (Å²) in [5.74, 6) is -0.204. The van der Waals surface area contributed by atoms with E-state index < -0.39 is 28.5 Å². The van der Waals surface area contributed by atoms with Gasteiger partial charge < -0.3 is 24.6 Å². The molecule has 0 bridgehead atoms. The Kier molecular flexibility index (Phi) is 3.19. The van der Waals surface area contributed by atoms with Crippen molar-refractivity contribution in [3.63, 3.8) is 0 Å². The minimum Gasteiger partial charge on any atom is -0.590 e. The smallest absolute Gasteiger partial charge is 0.243 e. The molecule has 7 nitrogen and oxygen atoms in total. The molecule has 0 aliphatic carbocycles. The number of ether oxygens (including phenoxy) is 1. The average Bonchev–Trinajstić information content (AvgIpc) is 2.75. The molecule has 114 valence electrons. The highest BCUT2D eigenvalue weighted by atomic mass is 32.2. The van der Waals surface area contributed by atoms with Gasteiger partial charge in [-0.25, -0.2) is 0 Å². The van der Waals surface area contributed by atoms with E-state index in [2.05, 4.69) is 5.32 Å². The van der Waals surface area contributed by atoms with Crippen molar-refractivity contribution in [2.75, 3.05) is 13.1 Å². The highest BCUT2D eigenvalue weighted by molar-refractivity contribution is 7.24. The molecule has 2 amide bonds. The van der Waals surface area contributed by atoms with Crippen LogP contribution < -0.4 is 10.1 Å². The Morgan fingerprint density at radius 1 is 1.52 bits per heavy atom. The van der Waals surface area contributed by atoms with Gasteiger partial charge in [0.2, 0.25) is 16.7 Å². The molecule has 1 aromatic heterocycles. The van der Waals surface area contributed by atoms with Gasteiger partial charge in [0.25, 0.3) is 0 Å². The molecular weight excluding hydrogens is 296 g/mol. The van der Waals surface area contributed by atoms with Gasteiger partial charge in [0.1, 0.15) is 29.7 Å². The lowest BCUT2D eigenvalue weighted by Gasteiger charge is -2.44. The number of nitrogens with zero attached hydrogens (tertiary/aromatic N) is 1. The molecule has 3 atom stereocenters. The van der Waals surface area contributed by atoms with Gasteiger partial charge in [-0.1, -0.05) is 0 Å². The van der Waals surface area contributed by atoms with Gasteiger partial charge in [-0.05, 0) is 24.6 Å². The van der Waals surface area contributed by atoms with Crippen molar-refractivity contribution in [2.24, 2.45) is 0 Å². The third-order valence-electron chi connectivity index (χ3n) is 3.86. The van der Waals surface area contributed by atoms with Gasteiger partial charge in [-0.15, -0.1) is 0 Å². The molecule has 0 saturated carbocycles. The van der Waals surface area contributed by atoms with Crippen LogP contribution in [0.3, 0.4) is 0 Å². The summed E-state index contributed by atoms with van der Waals surface area (Å²) >= 11 is 0. The van der Waals surface area contributed by atoms with Crippen molar-refractivity contribution in [2.45, 2.75) is 31.6 Å². The number of hydrogen-bond donors (Lipinski definition) is 2. The number of piperazine rings is 1. The zero-order valence-electron chi connectivity index (χ0n) is 11.7. The number of aliphatic hydroxyl groups excluding tert-OH is 1. The summed E-state index contributed by atoms with van der Waals surface area (Å²) in [4.78, 5) is 25.3. The summed E-state index contributed by atoms with van der Waals surface area (Å²) in [5, 5.41) is 14.5. The first kappa shape index (κ1) is 14.3. The van der Waals surface area contributed by atoms with Gasteiger partial charge in [-0.2, -0.15) is 0 Å². The fourth-order valence-electron chi connectivity index (χ4n) is 2.73. The highest BCUT2D eigenvalue weighted by Gasteiger charge is 2.51. The first-order chi connectivity index (χ1) is 9.81. The van der Waals surface area contributed by atoms with Crippen molar-refractivity contribution in [1.29, 1.82) is 0 Å². The molecule has 1 fully saturated rings. The zero-order chi connectivity index (χ0) is 15.4. The molecule has 2 aliphatic heterocycles. The first-order valence-corrected chi connectivity index (χ1v) is 7.79. The number of fused-ring (bicyclic) bond motifs is 1. The Hall–Kier alpha value is -1.64. The number of aliphatic hydroxyl groups is 1. The lowest BCUT2D eigenvalue weighted by atomic mass is 9.89. The van der Waals surface area contributed by atoms with Gasteiger partial charge in [0.05, 0.1) is 6.54 Å². The Morgan fingerprint density at radius 3 is 2.95 bits per heavy atom. The second-order valence-electron chi connectivity index (χ2n) is 5.72. The van der Waals surface area contributed by atoms with Crippen molar-refractivity contribution in [1.82, 2.24) is 10.2 Å². The van der Waals surface area contributed by atoms with Crippen LogP contribution in [-0.4, -0.2) is 51.2 Å². The zero-order valence-corrected chi connectivity index (χ0v) is 12.5. The van der Waals surface area contributed by atoms with Crippen LogP contribution >= 0.6 is 10.8 Å². The summed E-state index contributed by atoms with van der Waals surface area (Å²) in [6, 6.07) is 0.763. The van der Waals surface area contributed by atoms with E-state index in [0.717, 1.165) is 0 Å². The number of nitrogens with one attached hydrogen (secondary N) is 1. The molecular formula is C13H16N2O5S. The van der Waals surface area contributed by atoms with Gasteiger partial charge in [-0.3, -0.25) is 9.59 Å².